The van der Waals surface area contributed by atoms with Gasteiger partial charge in [0, 0.05) is 12.4 Å². The van der Waals surface area contributed by atoms with Crippen LogP contribution >= 0.6 is 0 Å². The summed E-state index contributed by atoms with van der Waals surface area (Å²) in [7, 11) is 0. The van der Waals surface area contributed by atoms with Crippen LogP contribution in [0.25, 0.3) is 11.2 Å². The van der Waals surface area contributed by atoms with Crippen molar-refractivity contribution in [2.45, 2.75) is 13.0 Å². The predicted octanol–water partition coefficient (Wildman–Crippen LogP) is 0.910. The normalized spacial score (nSPS) is 12.3. The third-order valence-electron chi connectivity index (χ3n) is 2.07. The van der Waals surface area contributed by atoms with Crippen LogP contribution in [0.4, 0.5) is 5.82 Å². The first kappa shape index (κ1) is 10.3. The summed E-state index contributed by atoms with van der Waals surface area (Å²) >= 11 is 0. The first-order valence-corrected chi connectivity index (χ1v) is 4.74. The molecule has 2 rings (SSSR count). The number of fused-ring (bicyclic) bond motifs is 1. The number of nitrogens with zero attached hydrogens (tertiary/aromatic N) is 3. The summed E-state index contributed by atoms with van der Waals surface area (Å²) in [6.45, 7) is 1.55. The number of aliphatic carboxylic acids is 1. The van der Waals surface area contributed by atoms with Crippen LogP contribution in [0.1, 0.15) is 6.92 Å². The largest absolute Gasteiger partial charge is 0.480 e. The zero-order valence-corrected chi connectivity index (χ0v) is 8.58. The molecule has 0 aromatic carbocycles. The van der Waals surface area contributed by atoms with E-state index in [0.29, 0.717) is 17.0 Å². The van der Waals surface area contributed by atoms with Gasteiger partial charge in [0.05, 0.1) is 0 Å². The molecule has 0 fully saturated rings. The van der Waals surface area contributed by atoms with Gasteiger partial charge in [-0.15, -0.1) is 0 Å². The van der Waals surface area contributed by atoms with E-state index in [2.05, 4.69) is 20.3 Å². The zero-order valence-electron chi connectivity index (χ0n) is 8.58. The monoisotopic (exact) mass is 218 g/mol. The molecular formula is C10H10N4O2. The SMILES string of the molecule is CC(Nc1ccc2nccnc2n1)C(=O)O. The lowest BCUT2D eigenvalue weighted by atomic mass is 10.3. The molecule has 0 aliphatic carbocycles. The molecule has 16 heavy (non-hydrogen) atoms. The van der Waals surface area contributed by atoms with Gasteiger partial charge in [-0.25, -0.2) is 9.97 Å². The van der Waals surface area contributed by atoms with Crippen molar-refractivity contribution >= 4 is 23.0 Å². The lowest BCUT2D eigenvalue weighted by Gasteiger charge is -2.09. The topological polar surface area (TPSA) is 88.0 Å². The number of carboxylic acid groups (broad SMARTS) is 1. The molecule has 0 saturated heterocycles. The second-order valence-electron chi connectivity index (χ2n) is 3.30. The Bertz CT molecular complexity index is 529. The molecule has 0 bridgehead atoms. The van der Waals surface area contributed by atoms with Gasteiger partial charge in [-0.1, -0.05) is 0 Å². The van der Waals surface area contributed by atoms with Gasteiger partial charge in [0.1, 0.15) is 17.4 Å². The highest BCUT2D eigenvalue weighted by Gasteiger charge is 2.10. The molecule has 2 heterocycles. The predicted molar refractivity (Wildman–Crippen MR) is 58.1 cm³/mol. The van der Waals surface area contributed by atoms with Crippen LogP contribution in [0.15, 0.2) is 24.5 Å². The Balaban J connectivity index is 2.29. The fraction of sp³-hybridized carbons (Fsp3) is 0.200. The third-order valence-corrected chi connectivity index (χ3v) is 2.07. The Labute approximate surface area is 91.4 Å². The quantitative estimate of drug-likeness (QED) is 0.796. The Kier molecular flexibility index (Phi) is 2.63. The van der Waals surface area contributed by atoms with Gasteiger partial charge in [0.15, 0.2) is 5.65 Å². The Morgan fingerprint density at radius 2 is 2.12 bits per heavy atom. The van der Waals surface area contributed by atoms with E-state index in [-0.39, 0.29) is 0 Å². The van der Waals surface area contributed by atoms with Gasteiger partial charge in [-0.3, -0.25) is 9.78 Å². The number of carbonyl (C=O) groups is 1. The average Bonchev–Trinajstić information content (AvgIpc) is 2.28. The summed E-state index contributed by atoms with van der Waals surface area (Å²) < 4.78 is 0. The van der Waals surface area contributed by atoms with E-state index >= 15 is 0 Å². The fourth-order valence-electron chi connectivity index (χ4n) is 1.22. The molecule has 2 N–H and O–H groups in total. The minimum Gasteiger partial charge on any atom is -0.480 e. The van der Waals surface area contributed by atoms with Gasteiger partial charge >= 0.3 is 5.97 Å². The molecule has 6 nitrogen and oxygen atoms in total. The number of anilines is 1. The molecular weight excluding hydrogens is 208 g/mol. The summed E-state index contributed by atoms with van der Waals surface area (Å²) in [6.07, 6.45) is 3.12. The first-order chi connectivity index (χ1) is 7.66. The van der Waals surface area contributed by atoms with E-state index in [1.807, 2.05) is 0 Å². The molecule has 82 valence electrons. The second kappa shape index (κ2) is 4.09. The maximum absolute atomic E-state index is 10.6. The van der Waals surface area contributed by atoms with Crippen LogP contribution in [0.2, 0.25) is 0 Å². The van der Waals surface area contributed by atoms with Gasteiger partial charge in [-0.2, -0.15) is 0 Å². The number of hydrogen-bond donors (Lipinski definition) is 2. The van der Waals surface area contributed by atoms with E-state index in [4.69, 9.17) is 5.11 Å². The number of hydrogen-bond acceptors (Lipinski definition) is 5. The van der Waals surface area contributed by atoms with Gasteiger partial charge in [0.25, 0.3) is 0 Å². The average molecular weight is 218 g/mol. The van der Waals surface area contributed by atoms with Crippen molar-refractivity contribution in [3.05, 3.63) is 24.5 Å². The summed E-state index contributed by atoms with van der Waals surface area (Å²) in [5.41, 5.74) is 1.17. The number of rotatable bonds is 3. The lowest BCUT2D eigenvalue weighted by Crippen LogP contribution is -2.25. The van der Waals surface area contributed by atoms with E-state index in [1.54, 1.807) is 31.5 Å². The molecule has 1 atom stereocenters. The van der Waals surface area contributed by atoms with E-state index < -0.39 is 12.0 Å². The van der Waals surface area contributed by atoms with Crippen molar-refractivity contribution < 1.29 is 9.90 Å². The highest BCUT2D eigenvalue weighted by Crippen LogP contribution is 2.10. The van der Waals surface area contributed by atoms with Gasteiger partial charge in [-0.05, 0) is 19.1 Å². The summed E-state index contributed by atoms with van der Waals surface area (Å²) in [6, 6.07) is 2.73. The molecule has 0 amide bonds. The molecule has 2 aromatic heterocycles. The van der Waals surface area contributed by atoms with Crippen LogP contribution < -0.4 is 5.32 Å². The molecule has 1 unspecified atom stereocenters. The fourth-order valence-corrected chi connectivity index (χ4v) is 1.22. The van der Waals surface area contributed by atoms with Gasteiger partial charge < -0.3 is 10.4 Å². The lowest BCUT2D eigenvalue weighted by molar-refractivity contribution is -0.137. The number of pyridine rings is 1. The van der Waals surface area contributed by atoms with Crippen molar-refractivity contribution in [2.75, 3.05) is 5.32 Å². The highest BCUT2D eigenvalue weighted by molar-refractivity contribution is 5.77. The van der Waals surface area contributed by atoms with Crippen LogP contribution in [0, 0.1) is 0 Å². The summed E-state index contributed by atoms with van der Waals surface area (Å²) in [5, 5.41) is 11.5. The molecule has 0 aliphatic rings. The second-order valence-corrected chi connectivity index (χ2v) is 3.30. The third kappa shape index (κ3) is 2.05. The molecule has 0 radical (unpaired) electrons. The van der Waals surface area contributed by atoms with Crippen molar-refractivity contribution in [3.63, 3.8) is 0 Å². The number of carboxylic acids is 1. The van der Waals surface area contributed by atoms with Crippen molar-refractivity contribution in [1.29, 1.82) is 0 Å². The molecule has 0 saturated carbocycles. The van der Waals surface area contributed by atoms with Crippen LogP contribution in [0.3, 0.4) is 0 Å². The maximum Gasteiger partial charge on any atom is 0.325 e. The standard InChI is InChI=1S/C10H10N4O2/c1-6(10(15)16)13-8-3-2-7-9(14-8)12-5-4-11-7/h2-6H,1H3,(H,15,16)(H,12,13,14). The van der Waals surface area contributed by atoms with E-state index in [9.17, 15) is 4.79 Å². The highest BCUT2D eigenvalue weighted by atomic mass is 16.4. The van der Waals surface area contributed by atoms with Crippen molar-refractivity contribution in [1.82, 2.24) is 15.0 Å². The van der Waals surface area contributed by atoms with E-state index in [1.165, 1.54) is 0 Å². The molecule has 6 heteroatoms. The molecule has 2 aromatic rings. The summed E-state index contributed by atoms with van der Waals surface area (Å²) in [5.74, 6) is -0.455. The van der Waals surface area contributed by atoms with E-state index in [0.717, 1.165) is 0 Å². The summed E-state index contributed by atoms with van der Waals surface area (Å²) in [4.78, 5) is 22.9. The molecule has 0 aliphatic heterocycles. The Morgan fingerprint density at radius 3 is 2.88 bits per heavy atom. The van der Waals surface area contributed by atoms with Crippen LogP contribution in [-0.4, -0.2) is 32.1 Å². The van der Waals surface area contributed by atoms with Crippen LogP contribution in [0.5, 0.6) is 0 Å². The Morgan fingerprint density at radius 1 is 1.38 bits per heavy atom. The zero-order chi connectivity index (χ0) is 11.5. The molecule has 0 spiro atoms. The smallest absolute Gasteiger partial charge is 0.325 e. The Hall–Kier alpha value is -2.24. The first-order valence-electron chi connectivity index (χ1n) is 4.74. The van der Waals surface area contributed by atoms with Gasteiger partial charge in [0.2, 0.25) is 0 Å². The van der Waals surface area contributed by atoms with Crippen molar-refractivity contribution in [3.8, 4) is 0 Å². The number of nitrogens with one attached hydrogen (secondary N) is 1. The van der Waals surface area contributed by atoms with Crippen molar-refractivity contribution in [2.24, 2.45) is 0 Å². The minimum atomic E-state index is -0.930. The minimum absolute atomic E-state index is 0.475. The van der Waals surface area contributed by atoms with Crippen LogP contribution in [-0.2, 0) is 4.79 Å². The maximum atomic E-state index is 10.6. The number of aromatic nitrogens is 3.